The minimum Gasteiger partial charge on any atom is -0.474 e. The van der Waals surface area contributed by atoms with Gasteiger partial charge >= 0.3 is 0 Å². The van der Waals surface area contributed by atoms with Crippen LogP contribution in [0.1, 0.15) is 75.7 Å². The van der Waals surface area contributed by atoms with Crippen molar-refractivity contribution < 1.29 is 9.53 Å². The van der Waals surface area contributed by atoms with E-state index in [4.69, 9.17) is 4.74 Å². The number of aromatic nitrogens is 2. The lowest BCUT2D eigenvalue weighted by molar-refractivity contribution is -0.132. The Morgan fingerprint density at radius 2 is 2.06 bits per heavy atom. The van der Waals surface area contributed by atoms with Crippen LogP contribution in [-0.2, 0) is 17.8 Å². The summed E-state index contributed by atoms with van der Waals surface area (Å²) in [5.74, 6) is 2.32. The number of hydrogen-bond donors (Lipinski definition) is 0. The van der Waals surface area contributed by atoms with E-state index in [2.05, 4.69) is 36.3 Å². The highest BCUT2D eigenvalue weighted by Gasteiger charge is 2.31. The smallest absolute Gasteiger partial charge is 0.225 e. The summed E-state index contributed by atoms with van der Waals surface area (Å²) >= 11 is 1.75. The zero-order valence-corrected chi connectivity index (χ0v) is 20.1. The van der Waals surface area contributed by atoms with Crippen molar-refractivity contribution in [3.8, 4) is 5.88 Å². The molecule has 5 rings (SSSR count). The van der Waals surface area contributed by atoms with Gasteiger partial charge in [0.25, 0.3) is 0 Å². The molecule has 2 saturated carbocycles. The lowest BCUT2D eigenvalue weighted by Crippen LogP contribution is -2.35. The summed E-state index contributed by atoms with van der Waals surface area (Å²) in [6, 6.07) is 0. The van der Waals surface area contributed by atoms with Gasteiger partial charge < -0.3 is 9.64 Å². The van der Waals surface area contributed by atoms with Crippen molar-refractivity contribution in [2.24, 2.45) is 11.8 Å². The molecule has 170 valence electrons. The van der Waals surface area contributed by atoms with E-state index in [0.717, 1.165) is 48.3 Å². The molecule has 2 aromatic heterocycles. The summed E-state index contributed by atoms with van der Waals surface area (Å²) in [7, 11) is 0. The van der Waals surface area contributed by atoms with Gasteiger partial charge in [0.1, 0.15) is 23.7 Å². The van der Waals surface area contributed by atoms with E-state index in [1.165, 1.54) is 41.7 Å². The van der Waals surface area contributed by atoms with Gasteiger partial charge in [-0.1, -0.05) is 6.08 Å². The molecule has 0 spiro atoms. The van der Waals surface area contributed by atoms with Gasteiger partial charge in [-0.25, -0.2) is 9.97 Å². The van der Waals surface area contributed by atoms with Crippen LogP contribution in [0.25, 0.3) is 10.2 Å². The summed E-state index contributed by atoms with van der Waals surface area (Å²) in [4.78, 5) is 26.2. The molecule has 32 heavy (non-hydrogen) atoms. The van der Waals surface area contributed by atoms with Crippen LogP contribution < -0.4 is 4.74 Å². The van der Waals surface area contributed by atoms with Gasteiger partial charge in [0.2, 0.25) is 11.8 Å². The van der Waals surface area contributed by atoms with E-state index in [0.29, 0.717) is 30.7 Å². The molecule has 0 bridgehead atoms. The molecule has 0 radical (unpaired) electrons. The molecule has 3 aliphatic rings. The van der Waals surface area contributed by atoms with Gasteiger partial charge in [0, 0.05) is 30.0 Å². The topological polar surface area (TPSA) is 55.3 Å². The highest BCUT2D eigenvalue weighted by Crippen LogP contribution is 2.40. The van der Waals surface area contributed by atoms with Crippen molar-refractivity contribution in [1.29, 1.82) is 0 Å². The number of ether oxygens (including phenoxy) is 1. The first-order chi connectivity index (χ1) is 15.6. The predicted molar refractivity (Wildman–Crippen MR) is 129 cm³/mol. The third-order valence-corrected chi connectivity index (χ3v) is 8.35. The first kappa shape index (κ1) is 21.7. The molecule has 2 fully saturated rings. The second-order valence-electron chi connectivity index (χ2n) is 9.86. The van der Waals surface area contributed by atoms with Crippen molar-refractivity contribution in [1.82, 2.24) is 14.9 Å². The molecule has 2 aromatic rings. The maximum Gasteiger partial charge on any atom is 0.225 e. The van der Waals surface area contributed by atoms with Crippen LogP contribution in [-0.4, -0.2) is 33.4 Å². The Balaban J connectivity index is 1.29. The number of thiophene rings is 1. The zero-order chi connectivity index (χ0) is 22.1. The molecular formula is C26H34N3O2S+. The lowest BCUT2D eigenvalue weighted by Gasteiger charge is -2.29. The quantitative estimate of drug-likeness (QED) is 0.389. The number of fused-ring (bicyclic) bond motifs is 3. The Bertz CT molecular complexity index is 1000. The molecule has 0 aromatic carbocycles. The van der Waals surface area contributed by atoms with Gasteiger partial charge in [-0.05, 0) is 69.3 Å². The Hall–Kier alpha value is -2.08. The minimum atomic E-state index is 0.211. The van der Waals surface area contributed by atoms with E-state index in [1.54, 1.807) is 17.7 Å². The summed E-state index contributed by atoms with van der Waals surface area (Å²) in [5.41, 5.74) is 2.69. The summed E-state index contributed by atoms with van der Waals surface area (Å²) in [6.07, 6.45) is 16.1. The number of carbonyl (C=O) groups is 1. The molecule has 0 atom stereocenters. The van der Waals surface area contributed by atoms with Crippen molar-refractivity contribution in [2.45, 2.75) is 84.3 Å². The highest BCUT2D eigenvalue weighted by atomic mass is 32.1. The van der Waals surface area contributed by atoms with E-state index >= 15 is 0 Å². The summed E-state index contributed by atoms with van der Waals surface area (Å²) < 4.78 is 6.49. The average Bonchev–Trinajstić information content (AvgIpc) is 3.52. The normalized spacial score (nSPS) is 23.8. The Kier molecular flexibility index (Phi) is 6.40. The summed E-state index contributed by atoms with van der Waals surface area (Å²) in [5, 5.41) is 1.05. The third kappa shape index (κ3) is 4.80. The van der Waals surface area contributed by atoms with Crippen molar-refractivity contribution in [3.05, 3.63) is 34.8 Å². The van der Waals surface area contributed by atoms with Crippen LogP contribution in [0.2, 0.25) is 0 Å². The van der Waals surface area contributed by atoms with E-state index < -0.39 is 0 Å². The van der Waals surface area contributed by atoms with E-state index in [9.17, 15) is 4.79 Å². The fourth-order valence-electron chi connectivity index (χ4n) is 5.21. The third-order valence-electron chi connectivity index (χ3n) is 7.15. The maximum atomic E-state index is 12.7. The summed E-state index contributed by atoms with van der Waals surface area (Å²) in [6.45, 7) is 5.85. The number of nitrogens with zero attached hydrogens (tertiary/aromatic N) is 3. The average molecular weight is 453 g/mol. The maximum absolute atomic E-state index is 12.7. The van der Waals surface area contributed by atoms with Crippen LogP contribution in [0.3, 0.4) is 0 Å². The molecule has 1 amide bonds. The molecule has 0 N–H and O–H groups in total. The second kappa shape index (κ2) is 9.42. The predicted octanol–water partition coefficient (Wildman–Crippen LogP) is 5.87. The van der Waals surface area contributed by atoms with Gasteiger partial charge in [-0.15, -0.1) is 11.3 Å². The molecule has 1 aliphatic heterocycles. The lowest BCUT2D eigenvalue weighted by atomic mass is 9.86. The standard InChI is InChI=1S/C26H34N3O2S/c1-3-4-17(2)13-18-7-9-20(10-8-18)31-25-24-21-15-29(23(30)14-19-5-6-19)12-11-22(21)32-26(24)28-16-27-25/h3,13,16,18-20H,4-12,14-15H2,1-2H3/q+1. The Morgan fingerprint density at radius 3 is 2.81 bits per heavy atom. The van der Waals surface area contributed by atoms with Crippen molar-refractivity contribution in [2.75, 3.05) is 6.54 Å². The molecular weight excluding hydrogens is 418 g/mol. The molecule has 5 nitrogen and oxygen atoms in total. The van der Waals surface area contributed by atoms with Crippen LogP contribution in [0.5, 0.6) is 5.88 Å². The fraction of sp³-hybridized carbons (Fsp3) is 0.615. The van der Waals surface area contributed by atoms with Gasteiger partial charge in [0.15, 0.2) is 0 Å². The van der Waals surface area contributed by atoms with Crippen LogP contribution in [0.4, 0.5) is 0 Å². The number of carbonyl (C=O) groups excluding carboxylic acids is 1. The first-order valence-electron chi connectivity index (χ1n) is 12.3. The fourth-order valence-corrected chi connectivity index (χ4v) is 6.34. The van der Waals surface area contributed by atoms with Crippen molar-refractivity contribution >= 4 is 27.5 Å². The van der Waals surface area contributed by atoms with Gasteiger partial charge in [-0.2, -0.15) is 0 Å². The van der Waals surface area contributed by atoms with Gasteiger partial charge in [0.05, 0.1) is 18.7 Å². The molecule has 2 aliphatic carbocycles. The molecule has 0 unspecified atom stereocenters. The second-order valence-corrected chi connectivity index (χ2v) is 10.9. The largest absolute Gasteiger partial charge is 0.474 e. The van der Waals surface area contributed by atoms with Crippen LogP contribution in [0.15, 0.2) is 18.0 Å². The number of amides is 1. The van der Waals surface area contributed by atoms with Crippen LogP contribution in [0, 0.1) is 18.3 Å². The molecule has 0 saturated heterocycles. The monoisotopic (exact) mass is 452 g/mol. The Morgan fingerprint density at radius 1 is 1.25 bits per heavy atom. The van der Waals surface area contributed by atoms with Crippen molar-refractivity contribution in [3.63, 3.8) is 0 Å². The number of hydrogen-bond acceptors (Lipinski definition) is 5. The zero-order valence-electron chi connectivity index (χ0n) is 19.3. The van der Waals surface area contributed by atoms with Gasteiger partial charge in [-0.3, -0.25) is 4.79 Å². The van der Waals surface area contributed by atoms with E-state index in [-0.39, 0.29) is 6.10 Å². The highest BCUT2D eigenvalue weighted by molar-refractivity contribution is 7.18. The molecule has 3 heterocycles. The number of rotatable bonds is 7. The van der Waals surface area contributed by atoms with Crippen LogP contribution >= 0.6 is 11.3 Å². The number of allylic oxidation sites excluding steroid dienone is 2. The SMILES string of the molecule is C[CH+]CC(C)=CC1CCC(Oc2ncnc3sc4c(c23)CN(C(=O)CC2CC2)CC4)CC1. The minimum absolute atomic E-state index is 0.211. The van der Waals surface area contributed by atoms with E-state index in [1.807, 2.05) is 4.90 Å². The first-order valence-corrected chi connectivity index (χ1v) is 13.1. The Labute approximate surface area is 195 Å². The molecule has 6 heteroatoms.